The van der Waals surface area contributed by atoms with Crippen LogP contribution in [0.3, 0.4) is 0 Å². The van der Waals surface area contributed by atoms with Crippen LogP contribution >= 0.6 is 23.1 Å². The number of carbonyl (C=O) groups excluding carboxylic acids is 2. The SMILES string of the molecule is CC(=O)Nc1ccc(SC(C(=O)Nc2nc(-c3ccc(C)cc3)c(C)s2)c2ccccc2)cc1. The Morgan fingerprint density at radius 2 is 1.56 bits per heavy atom. The molecule has 1 heterocycles. The van der Waals surface area contributed by atoms with E-state index in [-0.39, 0.29) is 11.8 Å². The second-order valence-electron chi connectivity index (χ2n) is 7.89. The number of hydrogen-bond donors (Lipinski definition) is 2. The van der Waals surface area contributed by atoms with Gasteiger partial charge >= 0.3 is 0 Å². The summed E-state index contributed by atoms with van der Waals surface area (Å²) in [7, 11) is 0. The van der Waals surface area contributed by atoms with Gasteiger partial charge in [-0.1, -0.05) is 60.2 Å². The third kappa shape index (κ3) is 5.92. The minimum Gasteiger partial charge on any atom is -0.326 e. The van der Waals surface area contributed by atoms with E-state index in [1.54, 1.807) is 0 Å². The highest BCUT2D eigenvalue weighted by Gasteiger charge is 2.24. The summed E-state index contributed by atoms with van der Waals surface area (Å²) in [6, 6.07) is 25.4. The van der Waals surface area contributed by atoms with E-state index >= 15 is 0 Å². The van der Waals surface area contributed by atoms with Gasteiger partial charge in [-0.3, -0.25) is 9.59 Å². The number of aryl methyl sites for hydroxylation is 2. The fourth-order valence-electron chi connectivity index (χ4n) is 3.46. The van der Waals surface area contributed by atoms with Gasteiger partial charge in [0.15, 0.2) is 5.13 Å². The van der Waals surface area contributed by atoms with Crippen molar-refractivity contribution in [2.75, 3.05) is 10.6 Å². The van der Waals surface area contributed by atoms with E-state index in [2.05, 4.69) is 41.8 Å². The zero-order valence-electron chi connectivity index (χ0n) is 19.2. The summed E-state index contributed by atoms with van der Waals surface area (Å²) in [5, 5.41) is 5.92. The van der Waals surface area contributed by atoms with Crippen molar-refractivity contribution in [2.24, 2.45) is 0 Å². The average Bonchev–Trinajstić information content (AvgIpc) is 3.19. The van der Waals surface area contributed by atoms with E-state index < -0.39 is 5.25 Å². The Morgan fingerprint density at radius 3 is 2.21 bits per heavy atom. The van der Waals surface area contributed by atoms with Gasteiger partial charge in [-0.25, -0.2) is 4.98 Å². The first-order chi connectivity index (χ1) is 16.4. The molecule has 0 aliphatic heterocycles. The molecule has 0 aliphatic carbocycles. The van der Waals surface area contributed by atoms with Crippen LogP contribution in [0.5, 0.6) is 0 Å². The third-order valence-corrected chi connectivity index (χ3v) is 7.27. The van der Waals surface area contributed by atoms with Gasteiger partial charge in [0.2, 0.25) is 11.8 Å². The predicted molar refractivity (Wildman–Crippen MR) is 141 cm³/mol. The van der Waals surface area contributed by atoms with Gasteiger partial charge in [-0.05, 0) is 43.7 Å². The molecule has 2 N–H and O–H groups in total. The number of benzene rings is 3. The molecule has 1 aromatic heterocycles. The summed E-state index contributed by atoms with van der Waals surface area (Å²) < 4.78 is 0. The lowest BCUT2D eigenvalue weighted by Crippen LogP contribution is -2.19. The molecule has 0 bridgehead atoms. The number of nitrogens with zero attached hydrogens (tertiary/aromatic N) is 1. The smallest absolute Gasteiger partial charge is 0.244 e. The van der Waals surface area contributed by atoms with Crippen molar-refractivity contribution in [3.8, 4) is 11.3 Å². The molecule has 4 rings (SSSR count). The van der Waals surface area contributed by atoms with Crippen molar-refractivity contribution in [3.05, 3.63) is 94.9 Å². The summed E-state index contributed by atoms with van der Waals surface area (Å²) in [5.74, 6) is -0.253. The van der Waals surface area contributed by atoms with Gasteiger partial charge in [0, 0.05) is 27.9 Å². The molecule has 0 radical (unpaired) electrons. The van der Waals surface area contributed by atoms with Gasteiger partial charge in [-0.2, -0.15) is 0 Å². The number of aromatic nitrogens is 1. The van der Waals surface area contributed by atoms with E-state index in [4.69, 9.17) is 4.98 Å². The van der Waals surface area contributed by atoms with Crippen LogP contribution < -0.4 is 10.6 Å². The first-order valence-electron chi connectivity index (χ1n) is 10.8. The van der Waals surface area contributed by atoms with E-state index in [1.807, 2.05) is 61.5 Å². The lowest BCUT2D eigenvalue weighted by molar-refractivity contribution is -0.116. The van der Waals surface area contributed by atoms with Gasteiger partial charge < -0.3 is 10.6 Å². The Hall–Kier alpha value is -3.42. The molecule has 5 nitrogen and oxygen atoms in total. The van der Waals surface area contributed by atoms with Crippen molar-refractivity contribution in [1.82, 2.24) is 4.98 Å². The monoisotopic (exact) mass is 487 g/mol. The minimum atomic E-state index is -0.458. The summed E-state index contributed by atoms with van der Waals surface area (Å²) in [5.41, 5.74) is 4.74. The molecule has 7 heteroatoms. The number of thioether (sulfide) groups is 1. The fourth-order valence-corrected chi connectivity index (χ4v) is 5.32. The number of anilines is 2. The summed E-state index contributed by atoms with van der Waals surface area (Å²) in [6.07, 6.45) is 0. The fraction of sp³-hybridized carbons (Fsp3) is 0.148. The van der Waals surface area contributed by atoms with Crippen LogP contribution in [-0.2, 0) is 9.59 Å². The van der Waals surface area contributed by atoms with Crippen molar-refractivity contribution in [1.29, 1.82) is 0 Å². The van der Waals surface area contributed by atoms with Crippen LogP contribution in [0.2, 0.25) is 0 Å². The van der Waals surface area contributed by atoms with Crippen molar-refractivity contribution in [3.63, 3.8) is 0 Å². The zero-order chi connectivity index (χ0) is 24.1. The minimum absolute atomic E-state index is 0.120. The molecule has 0 fully saturated rings. The third-order valence-electron chi connectivity index (χ3n) is 5.12. The molecule has 1 atom stereocenters. The highest BCUT2D eigenvalue weighted by molar-refractivity contribution is 8.00. The average molecular weight is 488 g/mol. The lowest BCUT2D eigenvalue weighted by Gasteiger charge is -2.16. The van der Waals surface area contributed by atoms with Crippen LogP contribution in [0, 0.1) is 13.8 Å². The Morgan fingerprint density at radius 1 is 0.882 bits per heavy atom. The summed E-state index contributed by atoms with van der Waals surface area (Å²) in [4.78, 5) is 31.4. The molecule has 0 saturated heterocycles. The molecular weight excluding hydrogens is 462 g/mol. The molecule has 172 valence electrons. The molecule has 0 spiro atoms. The maximum absolute atomic E-state index is 13.4. The summed E-state index contributed by atoms with van der Waals surface area (Å²) in [6.45, 7) is 5.55. The molecule has 0 saturated carbocycles. The summed E-state index contributed by atoms with van der Waals surface area (Å²) >= 11 is 2.93. The molecule has 3 aromatic carbocycles. The van der Waals surface area contributed by atoms with Gasteiger partial charge in [0.1, 0.15) is 5.25 Å². The number of rotatable bonds is 7. The van der Waals surface area contributed by atoms with E-state index in [0.29, 0.717) is 5.13 Å². The highest BCUT2D eigenvalue weighted by Crippen LogP contribution is 2.38. The number of thiazole rings is 1. The highest BCUT2D eigenvalue weighted by atomic mass is 32.2. The maximum atomic E-state index is 13.4. The van der Waals surface area contributed by atoms with Crippen molar-refractivity contribution in [2.45, 2.75) is 30.9 Å². The first kappa shape index (κ1) is 23.7. The molecule has 0 aliphatic rings. The largest absolute Gasteiger partial charge is 0.326 e. The van der Waals surface area contributed by atoms with E-state index in [1.165, 1.54) is 35.6 Å². The molecule has 4 aromatic rings. The zero-order valence-corrected chi connectivity index (χ0v) is 20.8. The first-order valence-corrected chi connectivity index (χ1v) is 12.5. The number of hydrogen-bond acceptors (Lipinski definition) is 5. The molecule has 1 unspecified atom stereocenters. The van der Waals surface area contributed by atoms with Crippen LogP contribution in [0.25, 0.3) is 11.3 Å². The van der Waals surface area contributed by atoms with Crippen molar-refractivity contribution >= 4 is 45.7 Å². The van der Waals surface area contributed by atoms with E-state index in [9.17, 15) is 9.59 Å². The second-order valence-corrected chi connectivity index (χ2v) is 10.3. The maximum Gasteiger partial charge on any atom is 0.244 e. The molecule has 34 heavy (non-hydrogen) atoms. The normalized spacial score (nSPS) is 11.6. The van der Waals surface area contributed by atoms with E-state index in [0.717, 1.165) is 32.3 Å². The Kier molecular flexibility index (Phi) is 7.45. The Balaban J connectivity index is 1.55. The van der Waals surface area contributed by atoms with Crippen LogP contribution in [0.1, 0.15) is 28.2 Å². The Bertz CT molecular complexity index is 1280. The molecular formula is C27H25N3O2S2. The number of nitrogens with one attached hydrogen (secondary N) is 2. The predicted octanol–water partition coefficient (Wildman–Crippen LogP) is 6.86. The topological polar surface area (TPSA) is 71.1 Å². The van der Waals surface area contributed by atoms with Crippen molar-refractivity contribution < 1.29 is 9.59 Å². The Labute approximate surface area is 207 Å². The second kappa shape index (κ2) is 10.7. The van der Waals surface area contributed by atoms with Crippen LogP contribution in [-0.4, -0.2) is 16.8 Å². The molecule has 2 amide bonds. The number of amides is 2. The standard InChI is InChI=1S/C27H25N3O2S2/c1-17-9-11-20(12-10-17)24-18(2)33-27(29-24)30-26(32)25(21-7-5-4-6-8-21)34-23-15-13-22(14-16-23)28-19(3)31/h4-16,25H,1-3H3,(H,28,31)(H,29,30,32). The quantitative estimate of drug-likeness (QED) is 0.279. The van der Waals surface area contributed by atoms with Gasteiger partial charge in [0.25, 0.3) is 0 Å². The lowest BCUT2D eigenvalue weighted by atomic mass is 10.1. The van der Waals surface area contributed by atoms with Gasteiger partial charge in [-0.15, -0.1) is 23.1 Å². The van der Waals surface area contributed by atoms with Crippen LogP contribution in [0.15, 0.2) is 83.8 Å². The number of carbonyl (C=O) groups is 2. The van der Waals surface area contributed by atoms with Gasteiger partial charge in [0.05, 0.1) is 5.69 Å². The van der Waals surface area contributed by atoms with Crippen LogP contribution in [0.4, 0.5) is 10.8 Å².